The maximum absolute atomic E-state index is 11.5. The molecule has 0 aliphatic heterocycles. The lowest BCUT2D eigenvalue weighted by Gasteiger charge is -2.28. The summed E-state index contributed by atoms with van der Waals surface area (Å²) >= 11 is 0. The van der Waals surface area contributed by atoms with Crippen molar-refractivity contribution < 1.29 is 13.2 Å². The molecule has 0 atom stereocenters. The molecule has 1 saturated carbocycles. The van der Waals surface area contributed by atoms with E-state index in [2.05, 4.69) is 6.92 Å². The van der Waals surface area contributed by atoms with Crippen LogP contribution in [0, 0.1) is 19.8 Å². The highest BCUT2D eigenvalue weighted by Gasteiger charge is 2.21. The van der Waals surface area contributed by atoms with Crippen LogP contribution in [0.15, 0.2) is 17.0 Å². The van der Waals surface area contributed by atoms with Crippen LogP contribution in [0.2, 0.25) is 0 Å². The normalized spacial score (nSPS) is 23.6. The first-order valence-electron chi connectivity index (χ1n) is 7.08. The monoisotopic (exact) mass is 297 g/mol. The van der Waals surface area contributed by atoms with Crippen molar-refractivity contribution in [3.63, 3.8) is 0 Å². The van der Waals surface area contributed by atoms with Gasteiger partial charge in [0.25, 0.3) is 0 Å². The number of benzene rings is 1. The van der Waals surface area contributed by atoms with Gasteiger partial charge in [-0.2, -0.15) is 0 Å². The number of rotatable bonds is 3. The molecule has 0 radical (unpaired) electrons. The summed E-state index contributed by atoms with van der Waals surface area (Å²) in [4.78, 5) is 0.180. The van der Waals surface area contributed by atoms with Crippen LogP contribution in [0.3, 0.4) is 0 Å². The minimum Gasteiger partial charge on any atom is -0.490 e. The number of primary sulfonamides is 1. The maximum atomic E-state index is 11.5. The van der Waals surface area contributed by atoms with E-state index in [1.807, 2.05) is 6.92 Å². The molecule has 0 aromatic heterocycles. The van der Waals surface area contributed by atoms with E-state index in [1.54, 1.807) is 19.1 Å². The zero-order chi connectivity index (χ0) is 14.9. The fraction of sp³-hybridized carbons (Fsp3) is 0.600. The minimum atomic E-state index is -3.67. The Hall–Kier alpha value is -1.07. The molecule has 4 nitrogen and oxygen atoms in total. The molecule has 0 bridgehead atoms. The minimum absolute atomic E-state index is 0.180. The van der Waals surface area contributed by atoms with Gasteiger partial charge in [0.2, 0.25) is 10.0 Å². The first-order chi connectivity index (χ1) is 9.29. The van der Waals surface area contributed by atoms with Gasteiger partial charge in [0.15, 0.2) is 0 Å². The molecule has 1 aromatic carbocycles. The summed E-state index contributed by atoms with van der Waals surface area (Å²) in [5, 5.41) is 5.21. The third-order valence-electron chi connectivity index (χ3n) is 4.25. The van der Waals surface area contributed by atoms with Gasteiger partial charge in [-0.3, -0.25) is 0 Å². The molecule has 2 rings (SSSR count). The van der Waals surface area contributed by atoms with Gasteiger partial charge in [0.1, 0.15) is 5.75 Å². The van der Waals surface area contributed by atoms with Gasteiger partial charge in [-0.05, 0) is 68.7 Å². The van der Waals surface area contributed by atoms with E-state index < -0.39 is 10.0 Å². The Morgan fingerprint density at radius 1 is 1.10 bits per heavy atom. The fourth-order valence-corrected chi connectivity index (χ4v) is 3.57. The van der Waals surface area contributed by atoms with Crippen molar-refractivity contribution in [2.45, 2.75) is 57.5 Å². The first kappa shape index (κ1) is 15.3. The second-order valence-electron chi connectivity index (χ2n) is 5.86. The fourth-order valence-electron chi connectivity index (χ4n) is 2.73. The van der Waals surface area contributed by atoms with E-state index in [0.717, 1.165) is 30.1 Å². The van der Waals surface area contributed by atoms with Crippen molar-refractivity contribution in [3.8, 4) is 5.75 Å². The predicted octanol–water partition coefficient (Wildman–Crippen LogP) is 2.91. The molecule has 112 valence electrons. The van der Waals surface area contributed by atoms with Gasteiger partial charge in [-0.25, -0.2) is 13.6 Å². The van der Waals surface area contributed by atoms with E-state index in [9.17, 15) is 8.42 Å². The van der Waals surface area contributed by atoms with Crippen LogP contribution in [0.1, 0.15) is 43.7 Å². The van der Waals surface area contributed by atoms with E-state index in [-0.39, 0.29) is 11.0 Å². The highest BCUT2D eigenvalue weighted by Crippen LogP contribution is 2.31. The average Bonchev–Trinajstić information content (AvgIpc) is 2.36. The number of hydrogen-bond donors (Lipinski definition) is 1. The third-order valence-corrected chi connectivity index (χ3v) is 5.31. The Morgan fingerprint density at radius 3 is 2.25 bits per heavy atom. The SMILES string of the molecule is Cc1c(OC2CCC(C)CC2)ccc(S(N)(=O)=O)c1C. The van der Waals surface area contributed by atoms with Crippen LogP contribution in [0.4, 0.5) is 0 Å². The molecule has 0 unspecified atom stereocenters. The van der Waals surface area contributed by atoms with Crippen LogP contribution in [0.5, 0.6) is 5.75 Å². The lowest BCUT2D eigenvalue weighted by atomic mass is 9.89. The largest absolute Gasteiger partial charge is 0.490 e. The summed E-state index contributed by atoms with van der Waals surface area (Å²) in [6.45, 7) is 5.92. The van der Waals surface area contributed by atoms with Crippen molar-refractivity contribution >= 4 is 10.0 Å². The molecule has 0 saturated heterocycles. The standard InChI is InChI=1S/C15H23NO3S/c1-10-4-6-13(7-5-10)19-14-8-9-15(20(16,17)18)12(3)11(14)2/h8-10,13H,4-7H2,1-3H3,(H2,16,17,18). The van der Waals surface area contributed by atoms with Gasteiger partial charge in [-0.1, -0.05) is 6.92 Å². The van der Waals surface area contributed by atoms with Crippen molar-refractivity contribution in [1.29, 1.82) is 0 Å². The maximum Gasteiger partial charge on any atom is 0.238 e. The second kappa shape index (κ2) is 5.74. The molecule has 20 heavy (non-hydrogen) atoms. The number of sulfonamides is 1. The Morgan fingerprint density at radius 2 is 1.70 bits per heavy atom. The lowest BCUT2D eigenvalue weighted by Crippen LogP contribution is -2.23. The van der Waals surface area contributed by atoms with Gasteiger partial charge in [0, 0.05) is 0 Å². The molecule has 1 aliphatic rings. The number of ether oxygens (including phenoxy) is 1. The second-order valence-corrected chi connectivity index (χ2v) is 7.39. The molecular formula is C15H23NO3S. The highest BCUT2D eigenvalue weighted by molar-refractivity contribution is 7.89. The van der Waals surface area contributed by atoms with Crippen molar-refractivity contribution in [3.05, 3.63) is 23.3 Å². The summed E-state index contributed by atoms with van der Waals surface area (Å²) in [5.41, 5.74) is 1.53. The van der Waals surface area contributed by atoms with Gasteiger partial charge >= 0.3 is 0 Å². The highest BCUT2D eigenvalue weighted by atomic mass is 32.2. The Bertz CT molecular complexity index is 587. The molecule has 1 aliphatic carbocycles. The predicted molar refractivity (Wildman–Crippen MR) is 79.3 cm³/mol. The van der Waals surface area contributed by atoms with Crippen LogP contribution in [0.25, 0.3) is 0 Å². The number of hydrogen-bond acceptors (Lipinski definition) is 3. The summed E-state index contributed by atoms with van der Waals surface area (Å²) in [6, 6.07) is 3.26. The molecule has 0 spiro atoms. The van der Waals surface area contributed by atoms with Crippen LogP contribution in [-0.2, 0) is 10.0 Å². The first-order valence-corrected chi connectivity index (χ1v) is 8.63. The molecular weight excluding hydrogens is 274 g/mol. The third kappa shape index (κ3) is 3.33. The molecule has 0 amide bonds. The van der Waals surface area contributed by atoms with E-state index in [4.69, 9.17) is 9.88 Å². The quantitative estimate of drug-likeness (QED) is 0.932. The smallest absolute Gasteiger partial charge is 0.238 e. The van der Waals surface area contributed by atoms with Gasteiger partial charge < -0.3 is 4.74 Å². The van der Waals surface area contributed by atoms with Crippen LogP contribution < -0.4 is 9.88 Å². The molecule has 1 fully saturated rings. The van der Waals surface area contributed by atoms with Crippen molar-refractivity contribution in [1.82, 2.24) is 0 Å². The van der Waals surface area contributed by atoms with Gasteiger partial charge in [0.05, 0.1) is 11.0 Å². The van der Waals surface area contributed by atoms with Crippen LogP contribution in [-0.4, -0.2) is 14.5 Å². The van der Waals surface area contributed by atoms with E-state index >= 15 is 0 Å². The van der Waals surface area contributed by atoms with Crippen LogP contribution >= 0.6 is 0 Å². The molecule has 2 N–H and O–H groups in total. The molecule has 1 aromatic rings. The Labute approximate surface area is 121 Å². The van der Waals surface area contributed by atoms with E-state index in [0.29, 0.717) is 5.56 Å². The lowest BCUT2D eigenvalue weighted by molar-refractivity contribution is 0.134. The Kier molecular flexibility index (Phi) is 4.39. The topological polar surface area (TPSA) is 69.4 Å². The van der Waals surface area contributed by atoms with Crippen molar-refractivity contribution in [2.75, 3.05) is 0 Å². The summed E-state index contributed by atoms with van der Waals surface area (Å²) in [7, 11) is -3.67. The zero-order valence-corrected chi connectivity index (χ0v) is 13.2. The van der Waals surface area contributed by atoms with Crippen molar-refractivity contribution in [2.24, 2.45) is 11.1 Å². The molecule has 0 heterocycles. The average molecular weight is 297 g/mol. The molecule has 5 heteroatoms. The van der Waals surface area contributed by atoms with E-state index in [1.165, 1.54) is 12.8 Å². The summed E-state index contributed by atoms with van der Waals surface area (Å²) < 4.78 is 29.0. The van der Waals surface area contributed by atoms with Gasteiger partial charge in [-0.15, -0.1) is 0 Å². The Balaban J connectivity index is 2.20. The number of nitrogens with two attached hydrogens (primary N) is 1. The summed E-state index contributed by atoms with van der Waals surface area (Å²) in [6.07, 6.45) is 4.76. The zero-order valence-electron chi connectivity index (χ0n) is 12.3. The summed E-state index contributed by atoms with van der Waals surface area (Å²) in [5.74, 6) is 1.55.